The van der Waals surface area contributed by atoms with Crippen molar-refractivity contribution in [3.05, 3.63) is 41.2 Å². The first-order chi connectivity index (χ1) is 12.7. The Bertz CT molecular complexity index is 1050. The number of aliphatic imine (C=N–C) groups is 1. The summed E-state index contributed by atoms with van der Waals surface area (Å²) in [6.45, 7) is 3.85. The van der Waals surface area contributed by atoms with Crippen molar-refractivity contribution in [2.45, 2.75) is 19.9 Å². The van der Waals surface area contributed by atoms with Gasteiger partial charge in [0.1, 0.15) is 17.1 Å². The predicted octanol–water partition coefficient (Wildman–Crippen LogP) is 0.589. The van der Waals surface area contributed by atoms with Gasteiger partial charge in [0.25, 0.3) is 5.91 Å². The van der Waals surface area contributed by atoms with E-state index >= 15 is 0 Å². The molecule has 3 heterocycles. The highest BCUT2D eigenvalue weighted by Gasteiger charge is 2.53. The molecule has 1 atom stereocenters. The number of urea groups is 1. The zero-order valence-electron chi connectivity index (χ0n) is 15.4. The molecule has 1 fully saturated rings. The molecule has 2 aliphatic rings. The van der Waals surface area contributed by atoms with Gasteiger partial charge in [-0.1, -0.05) is 4.99 Å². The topological polar surface area (TPSA) is 105 Å². The molecule has 2 N–H and O–H groups in total. The Kier molecular flexibility index (Phi) is 3.45. The Labute approximate surface area is 155 Å². The van der Waals surface area contributed by atoms with E-state index in [2.05, 4.69) is 4.99 Å². The molecule has 0 saturated carbocycles. The molecule has 27 heavy (non-hydrogen) atoms. The quantitative estimate of drug-likeness (QED) is 0.785. The first kappa shape index (κ1) is 17.0. The third-order valence-electron chi connectivity index (χ3n) is 5.25. The highest BCUT2D eigenvalue weighted by atomic mass is 16.2. The van der Waals surface area contributed by atoms with Crippen LogP contribution in [0.4, 0.5) is 10.7 Å². The van der Waals surface area contributed by atoms with Crippen molar-refractivity contribution >= 4 is 29.6 Å². The lowest BCUT2D eigenvalue weighted by Crippen LogP contribution is -2.62. The summed E-state index contributed by atoms with van der Waals surface area (Å²) in [6, 6.07) is 5.77. The van der Waals surface area contributed by atoms with Crippen LogP contribution in [-0.2, 0) is 4.79 Å². The maximum atomic E-state index is 12.8. The van der Waals surface area contributed by atoms with Gasteiger partial charge in [-0.3, -0.25) is 19.4 Å². The Balaban J connectivity index is 1.91. The molecule has 4 amide bonds. The lowest BCUT2D eigenvalue weighted by atomic mass is 10.1. The SMILES string of the molecule is Cc1c(C)[n+]2c(n1-c1ccc(C(N)=O)cc1)N=C1C2C(=O)N(C)C(=O)N1C. The number of carbonyl (C=O) groups is 3. The summed E-state index contributed by atoms with van der Waals surface area (Å²) in [5.74, 6) is 0.148. The van der Waals surface area contributed by atoms with E-state index in [0.29, 0.717) is 17.3 Å². The van der Waals surface area contributed by atoms with Gasteiger partial charge in [0.15, 0.2) is 0 Å². The van der Waals surface area contributed by atoms with Crippen LogP contribution < -0.4 is 10.3 Å². The Morgan fingerprint density at radius 2 is 1.74 bits per heavy atom. The van der Waals surface area contributed by atoms with Gasteiger partial charge in [-0.2, -0.15) is 4.57 Å². The molecule has 138 valence electrons. The van der Waals surface area contributed by atoms with Gasteiger partial charge in [-0.15, -0.1) is 0 Å². The largest absolute Gasteiger partial charge is 0.407 e. The molecule has 2 aliphatic heterocycles. The number of imidazole rings is 1. The summed E-state index contributed by atoms with van der Waals surface area (Å²) in [5.41, 5.74) is 8.29. The molecular weight excluding hydrogens is 348 g/mol. The van der Waals surface area contributed by atoms with Crippen LogP contribution in [0.2, 0.25) is 0 Å². The van der Waals surface area contributed by atoms with E-state index in [-0.39, 0.29) is 5.91 Å². The van der Waals surface area contributed by atoms with Crippen LogP contribution >= 0.6 is 0 Å². The number of hydrogen-bond donors (Lipinski definition) is 1. The van der Waals surface area contributed by atoms with Crippen LogP contribution in [0.15, 0.2) is 29.3 Å². The number of amides is 4. The molecule has 0 bridgehead atoms. The van der Waals surface area contributed by atoms with Gasteiger partial charge in [0.05, 0.1) is 0 Å². The summed E-state index contributed by atoms with van der Waals surface area (Å²) in [4.78, 5) is 43.5. The van der Waals surface area contributed by atoms with E-state index in [1.165, 1.54) is 11.9 Å². The van der Waals surface area contributed by atoms with Crippen LogP contribution in [-0.4, -0.2) is 52.1 Å². The van der Waals surface area contributed by atoms with E-state index in [1.54, 1.807) is 31.3 Å². The smallest absolute Gasteiger partial charge is 0.366 e. The molecule has 9 nitrogen and oxygen atoms in total. The van der Waals surface area contributed by atoms with Crippen molar-refractivity contribution < 1.29 is 19.0 Å². The van der Waals surface area contributed by atoms with E-state index in [4.69, 9.17) is 5.73 Å². The molecule has 0 radical (unpaired) electrons. The maximum absolute atomic E-state index is 12.8. The Hall–Kier alpha value is -3.49. The zero-order valence-corrected chi connectivity index (χ0v) is 15.4. The molecule has 2 aromatic rings. The second-order valence-electron chi connectivity index (χ2n) is 6.70. The molecule has 0 aliphatic carbocycles. The van der Waals surface area contributed by atoms with Crippen molar-refractivity contribution in [2.75, 3.05) is 14.1 Å². The van der Waals surface area contributed by atoms with Gasteiger partial charge in [-0.05, 0) is 38.1 Å². The maximum Gasteiger partial charge on any atom is 0.407 e. The van der Waals surface area contributed by atoms with Crippen LogP contribution in [0, 0.1) is 13.8 Å². The number of imide groups is 1. The normalized spacial score (nSPS) is 18.5. The Morgan fingerprint density at radius 3 is 2.33 bits per heavy atom. The molecule has 0 spiro atoms. The minimum atomic E-state index is -0.669. The number of nitrogens with two attached hydrogens (primary N) is 1. The fourth-order valence-electron chi connectivity index (χ4n) is 3.60. The van der Waals surface area contributed by atoms with Crippen LogP contribution in [0.3, 0.4) is 0 Å². The lowest BCUT2D eigenvalue weighted by Gasteiger charge is -2.30. The molecule has 1 unspecified atom stereocenters. The summed E-state index contributed by atoms with van der Waals surface area (Å²) in [6.07, 6.45) is 0. The standard InChI is InChI=1S/C18H18N6O3/c1-9-10(2)24-13-15(21(3)18(27)22(4)16(13)26)20-17(24)23(9)12-7-5-11(6-8-12)14(19)25/h5-8,13H,1-4H3,(H-,19,25)/p+1. The van der Waals surface area contributed by atoms with E-state index < -0.39 is 18.0 Å². The minimum Gasteiger partial charge on any atom is -0.366 e. The number of aromatic nitrogens is 2. The Morgan fingerprint density at radius 1 is 1.11 bits per heavy atom. The fourth-order valence-corrected chi connectivity index (χ4v) is 3.60. The van der Waals surface area contributed by atoms with Gasteiger partial charge >= 0.3 is 12.0 Å². The number of amidine groups is 1. The van der Waals surface area contributed by atoms with Gasteiger partial charge in [-0.25, -0.2) is 9.36 Å². The van der Waals surface area contributed by atoms with Gasteiger partial charge in [0.2, 0.25) is 17.8 Å². The van der Waals surface area contributed by atoms with Crippen molar-refractivity contribution in [1.82, 2.24) is 14.4 Å². The van der Waals surface area contributed by atoms with Crippen LogP contribution in [0.5, 0.6) is 0 Å². The summed E-state index contributed by atoms with van der Waals surface area (Å²) in [7, 11) is 3.08. The number of fused-ring (bicyclic) bond motifs is 3. The molecule has 1 aromatic carbocycles. The van der Waals surface area contributed by atoms with E-state index in [9.17, 15) is 14.4 Å². The van der Waals surface area contributed by atoms with Gasteiger partial charge < -0.3 is 5.73 Å². The predicted molar refractivity (Wildman–Crippen MR) is 96.0 cm³/mol. The number of likely N-dealkylation sites (N-methyl/N-ethyl adjacent to an activating group) is 2. The first-order valence-electron chi connectivity index (χ1n) is 8.41. The highest BCUT2D eigenvalue weighted by Crippen LogP contribution is 2.32. The number of rotatable bonds is 2. The number of nitrogens with zero attached hydrogens (tertiary/aromatic N) is 5. The second kappa shape index (κ2) is 5.50. The summed E-state index contributed by atoms with van der Waals surface area (Å²) < 4.78 is 3.74. The summed E-state index contributed by atoms with van der Waals surface area (Å²) >= 11 is 0. The molecule has 4 rings (SSSR count). The second-order valence-corrected chi connectivity index (χ2v) is 6.70. The number of benzene rings is 1. The number of carbonyl (C=O) groups excluding carboxylic acids is 3. The van der Waals surface area contributed by atoms with Crippen molar-refractivity contribution in [2.24, 2.45) is 10.7 Å². The highest BCUT2D eigenvalue weighted by molar-refractivity contribution is 6.18. The average molecular weight is 367 g/mol. The molecule has 1 saturated heterocycles. The third kappa shape index (κ3) is 2.14. The molecule has 9 heteroatoms. The van der Waals surface area contributed by atoms with Gasteiger partial charge in [0, 0.05) is 19.7 Å². The number of hydrogen-bond acceptors (Lipinski definition) is 4. The monoisotopic (exact) mass is 367 g/mol. The van der Waals surface area contributed by atoms with Crippen LogP contribution in [0.1, 0.15) is 27.8 Å². The minimum absolute atomic E-state index is 0.315. The van der Waals surface area contributed by atoms with E-state index in [1.807, 2.05) is 23.0 Å². The van der Waals surface area contributed by atoms with Crippen LogP contribution in [0.25, 0.3) is 5.69 Å². The van der Waals surface area contributed by atoms with Crippen molar-refractivity contribution in [3.63, 3.8) is 0 Å². The first-order valence-corrected chi connectivity index (χ1v) is 8.41. The van der Waals surface area contributed by atoms with Crippen molar-refractivity contribution in [1.29, 1.82) is 0 Å². The fraction of sp³-hybridized carbons (Fsp3) is 0.278. The molecule has 1 aromatic heterocycles. The number of primary amides is 1. The zero-order chi connectivity index (χ0) is 19.6. The van der Waals surface area contributed by atoms with Crippen molar-refractivity contribution in [3.8, 4) is 5.69 Å². The third-order valence-corrected chi connectivity index (χ3v) is 5.25. The van der Waals surface area contributed by atoms with E-state index in [0.717, 1.165) is 22.0 Å². The lowest BCUT2D eigenvalue weighted by molar-refractivity contribution is -0.682. The summed E-state index contributed by atoms with van der Waals surface area (Å²) in [5, 5.41) is 0. The average Bonchev–Trinajstić information content (AvgIpc) is 3.14. The molecular formula is C18H19N6O3+.